The van der Waals surface area contributed by atoms with Gasteiger partial charge < -0.3 is 0 Å². The van der Waals surface area contributed by atoms with E-state index in [1.807, 2.05) is 17.5 Å². The van der Waals surface area contributed by atoms with Gasteiger partial charge in [0.15, 0.2) is 0 Å². The Morgan fingerprint density at radius 1 is 1.29 bits per heavy atom. The van der Waals surface area contributed by atoms with Crippen molar-refractivity contribution in [2.24, 2.45) is 0 Å². The molecule has 0 saturated heterocycles. The van der Waals surface area contributed by atoms with Crippen LogP contribution in [0, 0.1) is 4.64 Å². The maximum atomic E-state index is 6.02. The molecule has 0 saturated carbocycles. The van der Waals surface area contributed by atoms with Crippen LogP contribution in [0.25, 0.3) is 14.8 Å². The predicted octanol–water partition coefficient (Wildman–Crippen LogP) is 4.18. The molecule has 0 atom stereocenters. The molecule has 0 radical (unpaired) electrons. The number of rotatable bonds is 1. The van der Waals surface area contributed by atoms with Gasteiger partial charge in [0.25, 0.3) is 0 Å². The van der Waals surface area contributed by atoms with Gasteiger partial charge in [0.2, 0.25) is 0 Å². The van der Waals surface area contributed by atoms with Crippen molar-refractivity contribution in [3.63, 3.8) is 0 Å². The molecule has 0 aliphatic heterocycles. The molecule has 0 fully saturated rings. The van der Waals surface area contributed by atoms with E-state index >= 15 is 0 Å². The van der Waals surface area contributed by atoms with Crippen LogP contribution in [0.5, 0.6) is 0 Å². The Bertz CT molecular complexity index is 746. The first-order valence-corrected chi connectivity index (χ1v) is 8.24. The first-order valence-electron chi connectivity index (χ1n) is 4.58. The van der Waals surface area contributed by atoms with Crippen LogP contribution in [0.4, 0.5) is 0 Å². The van der Waals surface area contributed by atoms with Crippen molar-refractivity contribution >= 4 is 71.1 Å². The molecule has 1 aromatic carbocycles. The fourth-order valence-corrected chi connectivity index (χ4v) is 5.55. The molecule has 86 valence electrons. The molecule has 0 amide bonds. The molecule has 2 nitrogen and oxygen atoms in total. The van der Waals surface area contributed by atoms with E-state index in [4.69, 9.17) is 35.4 Å². The topological polar surface area (TPSA) is 17.8 Å². The summed E-state index contributed by atoms with van der Waals surface area (Å²) in [4.78, 5) is 4.28. The van der Waals surface area contributed by atoms with Gasteiger partial charge in [-0.2, -0.15) is 0 Å². The Balaban J connectivity index is 2.37. The zero-order chi connectivity index (χ0) is 12.0. The van der Waals surface area contributed by atoms with Gasteiger partial charge in [0.1, 0.15) is 0 Å². The second kappa shape index (κ2) is 4.50. The van der Waals surface area contributed by atoms with E-state index < -0.39 is 0 Å². The third-order valence-electron chi connectivity index (χ3n) is 2.22. The number of halogens is 2. The van der Waals surface area contributed by atoms with Crippen molar-refractivity contribution in [3.8, 4) is 5.13 Å². The minimum atomic E-state index is 0.0957. The summed E-state index contributed by atoms with van der Waals surface area (Å²) in [5, 5.41) is 5.00. The summed E-state index contributed by atoms with van der Waals surface area (Å²) in [5.41, 5.74) is 0. The summed E-state index contributed by atoms with van der Waals surface area (Å²) >= 11 is 19.2. The van der Waals surface area contributed by atoms with Gasteiger partial charge in [-0.15, -0.1) is 0 Å². The predicted molar refractivity (Wildman–Crippen MR) is 76.7 cm³/mol. The SMILES string of the molecule is S=c1c2cc(Cl)c(Cl)cc2[se]n1-c1nccs1. The second-order valence-corrected chi connectivity index (χ2v) is 7.41. The fraction of sp³-hybridized carbons (Fsp3) is 0. The van der Waals surface area contributed by atoms with Crippen LogP contribution in [0.3, 0.4) is 0 Å². The van der Waals surface area contributed by atoms with Crippen LogP contribution in [-0.2, 0) is 0 Å². The van der Waals surface area contributed by atoms with Crippen molar-refractivity contribution in [1.82, 2.24) is 8.55 Å². The zero-order valence-electron chi connectivity index (χ0n) is 8.18. The Morgan fingerprint density at radius 3 is 2.76 bits per heavy atom. The van der Waals surface area contributed by atoms with Gasteiger partial charge in [-0.05, 0) is 0 Å². The van der Waals surface area contributed by atoms with Crippen molar-refractivity contribution < 1.29 is 0 Å². The molecule has 7 heteroatoms. The Morgan fingerprint density at radius 2 is 2.06 bits per heavy atom. The molecular weight excluding hydrogens is 362 g/mol. The summed E-state index contributed by atoms with van der Waals surface area (Å²) in [7, 11) is 0. The quantitative estimate of drug-likeness (QED) is 0.475. The van der Waals surface area contributed by atoms with Crippen molar-refractivity contribution in [2.45, 2.75) is 0 Å². The standard InChI is InChI=1S/C10H4Cl2N2S2Se/c11-6-3-5-8(4-7(6)12)17-14(9(5)15)10-13-1-2-16-10/h1-4H. The van der Waals surface area contributed by atoms with Crippen LogP contribution in [-0.4, -0.2) is 23.3 Å². The molecule has 17 heavy (non-hydrogen) atoms. The van der Waals surface area contributed by atoms with E-state index in [0.29, 0.717) is 10.0 Å². The number of hydrogen-bond donors (Lipinski definition) is 0. The Labute approximate surface area is 122 Å². The van der Waals surface area contributed by atoms with Gasteiger partial charge in [-0.1, -0.05) is 0 Å². The summed E-state index contributed by atoms with van der Waals surface area (Å²) in [6.45, 7) is 0. The Kier molecular flexibility index (Phi) is 3.15. The van der Waals surface area contributed by atoms with Gasteiger partial charge in [0, 0.05) is 0 Å². The molecule has 3 aromatic rings. The summed E-state index contributed by atoms with van der Waals surface area (Å²) < 4.78 is 4.00. The molecule has 0 unspecified atom stereocenters. The first kappa shape index (κ1) is 11.9. The minimum absolute atomic E-state index is 0.0957. The molecule has 2 aromatic heterocycles. The van der Waals surface area contributed by atoms with Gasteiger partial charge in [-0.3, -0.25) is 0 Å². The fourth-order valence-electron chi connectivity index (χ4n) is 1.46. The third kappa shape index (κ3) is 2.01. The van der Waals surface area contributed by atoms with E-state index in [2.05, 4.69) is 8.55 Å². The van der Waals surface area contributed by atoms with E-state index in [1.165, 1.54) is 0 Å². The number of thiazole rings is 1. The average Bonchev–Trinajstić information content (AvgIpc) is 2.90. The second-order valence-electron chi connectivity index (χ2n) is 3.27. The first-order chi connectivity index (χ1) is 8.16. The molecule has 0 spiro atoms. The maximum absolute atomic E-state index is 6.02. The van der Waals surface area contributed by atoms with Crippen LogP contribution in [0.1, 0.15) is 0 Å². The Hall–Kier alpha value is -0.161. The average molecular weight is 366 g/mol. The van der Waals surface area contributed by atoms with Crippen LogP contribution >= 0.6 is 46.8 Å². The molecule has 0 aliphatic rings. The van der Waals surface area contributed by atoms with Crippen molar-refractivity contribution in [2.75, 3.05) is 0 Å². The molecular formula is C10H4Cl2N2S2Se. The van der Waals surface area contributed by atoms with Crippen molar-refractivity contribution in [1.29, 1.82) is 0 Å². The number of nitrogens with zero attached hydrogens (tertiary/aromatic N) is 2. The monoisotopic (exact) mass is 366 g/mol. The van der Waals surface area contributed by atoms with E-state index in [0.717, 1.165) is 19.4 Å². The normalized spacial score (nSPS) is 11.2. The van der Waals surface area contributed by atoms with Gasteiger partial charge >= 0.3 is 123 Å². The van der Waals surface area contributed by atoms with Crippen LogP contribution in [0.2, 0.25) is 10.0 Å². The number of benzene rings is 1. The molecule has 0 aliphatic carbocycles. The zero-order valence-corrected chi connectivity index (χ0v) is 13.0. The van der Waals surface area contributed by atoms with Gasteiger partial charge in [0.05, 0.1) is 0 Å². The van der Waals surface area contributed by atoms with E-state index in [-0.39, 0.29) is 14.7 Å². The van der Waals surface area contributed by atoms with Crippen molar-refractivity contribution in [3.05, 3.63) is 38.4 Å². The number of aromatic nitrogens is 2. The number of fused-ring (bicyclic) bond motifs is 1. The molecule has 0 bridgehead atoms. The molecule has 0 N–H and O–H groups in total. The summed E-state index contributed by atoms with van der Waals surface area (Å²) in [5.74, 6) is 0. The summed E-state index contributed by atoms with van der Waals surface area (Å²) in [6, 6.07) is 3.75. The van der Waals surface area contributed by atoms with Crippen LogP contribution < -0.4 is 0 Å². The van der Waals surface area contributed by atoms with E-state index in [1.54, 1.807) is 17.5 Å². The summed E-state index contributed by atoms with van der Waals surface area (Å²) in [6.07, 6.45) is 1.78. The van der Waals surface area contributed by atoms with Gasteiger partial charge in [-0.25, -0.2) is 0 Å². The third-order valence-corrected chi connectivity index (χ3v) is 6.87. The molecule has 3 rings (SSSR count). The number of hydrogen-bond acceptors (Lipinski definition) is 3. The van der Waals surface area contributed by atoms with Crippen LogP contribution in [0.15, 0.2) is 23.7 Å². The molecule has 2 heterocycles. The van der Waals surface area contributed by atoms with E-state index in [9.17, 15) is 0 Å².